The van der Waals surface area contributed by atoms with Crippen LogP contribution < -0.4 is 10.6 Å². The monoisotopic (exact) mass is 234 g/mol. The van der Waals surface area contributed by atoms with Gasteiger partial charge in [-0.3, -0.25) is 10.1 Å². The molecule has 15 heavy (non-hydrogen) atoms. The molecule has 1 aliphatic rings. The number of thioether (sulfide) groups is 1. The Labute approximate surface area is 94.3 Å². The summed E-state index contributed by atoms with van der Waals surface area (Å²) in [4.78, 5) is 11.5. The molecule has 0 aliphatic carbocycles. The number of hydrogen-bond donors (Lipinski definition) is 2. The van der Waals surface area contributed by atoms with E-state index in [1.807, 2.05) is 0 Å². The zero-order valence-corrected chi connectivity index (χ0v) is 9.77. The van der Waals surface area contributed by atoms with Gasteiger partial charge >= 0.3 is 0 Å². The number of methoxy groups -OCH3 is 1. The average Bonchev–Trinajstić information content (AvgIpc) is 2.76. The molecule has 1 atom stereocenters. The molecule has 0 radical (unpaired) electrons. The molecule has 5 nitrogen and oxygen atoms in total. The first-order valence-corrected chi connectivity index (χ1v) is 6.15. The van der Waals surface area contributed by atoms with Gasteiger partial charge in [-0.15, -0.1) is 11.8 Å². The fourth-order valence-corrected chi connectivity index (χ4v) is 2.12. The molecule has 1 fully saturated rings. The largest absolute Gasteiger partial charge is 0.382 e. The van der Waals surface area contributed by atoms with Gasteiger partial charge in [-0.1, -0.05) is 0 Å². The van der Waals surface area contributed by atoms with E-state index in [-0.39, 0.29) is 11.9 Å². The van der Waals surface area contributed by atoms with Crippen LogP contribution in [0.2, 0.25) is 0 Å². The lowest BCUT2D eigenvalue weighted by atomic mass is 10.3. The molecule has 0 saturated carbocycles. The van der Waals surface area contributed by atoms with Crippen LogP contribution in [0.1, 0.15) is 0 Å². The standard InChI is InChI=1S/C9H18N2O3S/c1-13-4-5-14-3-2-10-9(12)8-6-15-7-11-8/h8,11H,2-7H2,1H3,(H,10,12)/t8-/m1/s1. The lowest BCUT2D eigenvalue weighted by molar-refractivity contribution is -0.122. The van der Waals surface area contributed by atoms with Crippen LogP contribution in [0.15, 0.2) is 0 Å². The van der Waals surface area contributed by atoms with Gasteiger partial charge in [0, 0.05) is 25.3 Å². The van der Waals surface area contributed by atoms with Crippen LogP contribution in [-0.2, 0) is 14.3 Å². The van der Waals surface area contributed by atoms with E-state index >= 15 is 0 Å². The van der Waals surface area contributed by atoms with Crippen LogP contribution in [0.5, 0.6) is 0 Å². The van der Waals surface area contributed by atoms with Gasteiger partial charge in [0.25, 0.3) is 0 Å². The highest BCUT2D eigenvalue weighted by Gasteiger charge is 2.21. The summed E-state index contributed by atoms with van der Waals surface area (Å²) in [6.45, 7) is 2.26. The summed E-state index contributed by atoms with van der Waals surface area (Å²) in [5.41, 5.74) is 0. The number of rotatable bonds is 7. The van der Waals surface area contributed by atoms with E-state index in [0.717, 1.165) is 11.6 Å². The molecule has 1 aliphatic heterocycles. The molecule has 2 N–H and O–H groups in total. The van der Waals surface area contributed by atoms with Crippen molar-refractivity contribution in [2.45, 2.75) is 6.04 Å². The molecular weight excluding hydrogens is 216 g/mol. The van der Waals surface area contributed by atoms with Crippen molar-refractivity contribution < 1.29 is 14.3 Å². The Kier molecular flexibility index (Phi) is 6.74. The quantitative estimate of drug-likeness (QED) is 0.578. The second-order valence-electron chi connectivity index (χ2n) is 3.17. The highest BCUT2D eigenvalue weighted by Crippen LogP contribution is 2.08. The highest BCUT2D eigenvalue weighted by atomic mass is 32.2. The molecule has 0 aromatic rings. The van der Waals surface area contributed by atoms with Crippen molar-refractivity contribution >= 4 is 17.7 Å². The third-order valence-electron chi connectivity index (χ3n) is 2.01. The van der Waals surface area contributed by atoms with Gasteiger partial charge in [-0.05, 0) is 0 Å². The minimum atomic E-state index is -0.0334. The predicted octanol–water partition coefficient (Wildman–Crippen LogP) is -0.572. The minimum absolute atomic E-state index is 0.0334. The van der Waals surface area contributed by atoms with Gasteiger partial charge < -0.3 is 14.8 Å². The van der Waals surface area contributed by atoms with Crippen molar-refractivity contribution in [1.29, 1.82) is 0 Å². The van der Waals surface area contributed by atoms with Crippen molar-refractivity contribution in [3.05, 3.63) is 0 Å². The third-order valence-corrected chi connectivity index (χ3v) is 2.95. The maximum absolute atomic E-state index is 11.5. The van der Waals surface area contributed by atoms with E-state index in [4.69, 9.17) is 9.47 Å². The molecule has 6 heteroatoms. The Bertz CT molecular complexity index is 186. The molecule has 0 spiro atoms. The van der Waals surface area contributed by atoms with Gasteiger partial charge in [-0.25, -0.2) is 0 Å². The molecule has 0 unspecified atom stereocenters. The fourth-order valence-electron chi connectivity index (χ4n) is 1.18. The lowest BCUT2D eigenvalue weighted by Gasteiger charge is -2.10. The van der Waals surface area contributed by atoms with Crippen LogP contribution >= 0.6 is 11.8 Å². The van der Waals surface area contributed by atoms with Crippen LogP contribution in [0.3, 0.4) is 0 Å². The van der Waals surface area contributed by atoms with E-state index in [9.17, 15) is 4.79 Å². The summed E-state index contributed by atoms with van der Waals surface area (Å²) >= 11 is 1.74. The molecular formula is C9H18N2O3S. The molecule has 1 heterocycles. The topological polar surface area (TPSA) is 59.6 Å². The summed E-state index contributed by atoms with van der Waals surface area (Å²) in [5, 5.41) is 5.93. The second-order valence-corrected chi connectivity index (χ2v) is 4.20. The van der Waals surface area contributed by atoms with E-state index in [2.05, 4.69) is 10.6 Å². The molecule has 1 amide bonds. The summed E-state index contributed by atoms with van der Waals surface area (Å²) in [5.74, 6) is 1.79. The number of hydrogen-bond acceptors (Lipinski definition) is 5. The van der Waals surface area contributed by atoms with Gasteiger partial charge in [0.2, 0.25) is 5.91 Å². The number of carbonyl (C=O) groups excluding carboxylic acids is 1. The van der Waals surface area contributed by atoms with Crippen molar-refractivity contribution in [3.63, 3.8) is 0 Å². The van der Waals surface area contributed by atoms with Gasteiger partial charge in [0.1, 0.15) is 0 Å². The Morgan fingerprint density at radius 3 is 3.07 bits per heavy atom. The van der Waals surface area contributed by atoms with Crippen LogP contribution in [0, 0.1) is 0 Å². The number of carbonyl (C=O) groups is 1. The summed E-state index contributed by atoms with van der Waals surface area (Å²) in [6.07, 6.45) is 0. The van der Waals surface area contributed by atoms with Crippen molar-refractivity contribution in [2.75, 3.05) is 45.1 Å². The summed E-state index contributed by atoms with van der Waals surface area (Å²) in [7, 11) is 1.63. The minimum Gasteiger partial charge on any atom is -0.382 e. The molecule has 0 aromatic heterocycles. The maximum atomic E-state index is 11.5. The van der Waals surface area contributed by atoms with Gasteiger partial charge in [0.05, 0.1) is 25.9 Å². The number of ether oxygens (including phenoxy) is 2. The molecule has 0 aromatic carbocycles. The zero-order valence-electron chi connectivity index (χ0n) is 8.95. The van der Waals surface area contributed by atoms with Gasteiger partial charge in [0.15, 0.2) is 0 Å². The third kappa shape index (κ3) is 5.36. The molecule has 1 rings (SSSR count). The predicted molar refractivity (Wildman–Crippen MR) is 60.0 cm³/mol. The molecule has 0 bridgehead atoms. The Balaban J connectivity index is 1.92. The highest BCUT2D eigenvalue weighted by molar-refractivity contribution is 7.99. The SMILES string of the molecule is COCCOCCNC(=O)[C@H]1CSCN1. The normalized spacial score (nSPS) is 20.5. The van der Waals surface area contributed by atoms with E-state index in [1.165, 1.54) is 0 Å². The second kappa shape index (κ2) is 7.92. The smallest absolute Gasteiger partial charge is 0.238 e. The van der Waals surface area contributed by atoms with Crippen molar-refractivity contribution in [2.24, 2.45) is 0 Å². The summed E-state index contributed by atoms with van der Waals surface area (Å²) < 4.78 is 10.0. The van der Waals surface area contributed by atoms with Crippen LogP contribution in [-0.4, -0.2) is 57.1 Å². The maximum Gasteiger partial charge on any atom is 0.238 e. The van der Waals surface area contributed by atoms with Crippen LogP contribution in [0.25, 0.3) is 0 Å². The first-order chi connectivity index (χ1) is 7.34. The van der Waals surface area contributed by atoms with Crippen LogP contribution in [0.4, 0.5) is 0 Å². The Hall–Kier alpha value is -0.300. The molecule has 88 valence electrons. The average molecular weight is 234 g/mol. The lowest BCUT2D eigenvalue weighted by Crippen LogP contribution is -2.43. The number of nitrogens with one attached hydrogen (secondary N) is 2. The number of amides is 1. The van der Waals surface area contributed by atoms with E-state index in [0.29, 0.717) is 26.4 Å². The van der Waals surface area contributed by atoms with E-state index < -0.39 is 0 Å². The first kappa shape index (κ1) is 12.8. The first-order valence-electron chi connectivity index (χ1n) is 5.00. The zero-order chi connectivity index (χ0) is 10.9. The van der Waals surface area contributed by atoms with Crippen molar-refractivity contribution in [1.82, 2.24) is 10.6 Å². The van der Waals surface area contributed by atoms with Gasteiger partial charge in [-0.2, -0.15) is 0 Å². The summed E-state index contributed by atoms with van der Waals surface area (Å²) in [6, 6.07) is -0.0334. The Morgan fingerprint density at radius 1 is 1.53 bits per heavy atom. The van der Waals surface area contributed by atoms with E-state index in [1.54, 1.807) is 18.9 Å². The molecule has 1 saturated heterocycles. The Morgan fingerprint density at radius 2 is 2.40 bits per heavy atom. The fraction of sp³-hybridized carbons (Fsp3) is 0.889. The van der Waals surface area contributed by atoms with Crippen molar-refractivity contribution in [3.8, 4) is 0 Å².